The van der Waals surface area contributed by atoms with Crippen LogP contribution in [-0.4, -0.2) is 20.1 Å². The van der Waals surface area contributed by atoms with E-state index in [9.17, 15) is 4.79 Å². The van der Waals surface area contributed by atoms with Gasteiger partial charge in [-0.2, -0.15) is 0 Å². The molecule has 0 aromatic heterocycles. The first-order chi connectivity index (χ1) is 11.0. The standard InChI is InChI=1S/C19H21NO3/c1-13-5-7-15(8-6-13)9-10-19(21)20-16-12-18(23-4)17(22-3)11-14(16)2/h5-12H,1-4H3,(H,20,21)/b10-9+. The summed E-state index contributed by atoms with van der Waals surface area (Å²) in [5.74, 6) is 1.02. The maximum Gasteiger partial charge on any atom is 0.248 e. The highest BCUT2D eigenvalue weighted by atomic mass is 16.5. The summed E-state index contributed by atoms with van der Waals surface area (Å²) < 4.78 is 10.5. The van der Waals surface area contributed by atoms with E-state index in [1.165, 1.54) is 11.6 Å². The molecule has 4 nitrogen and oxygen atoms in total. The van der Waals surface area contributed by atoms with Crippen molar-refractivity contribution < 1.29 is 14.3 Å². The number of hydrogen-bond acceptors (Lipinski definition) is 3. The van der Waals surface area contributed by atoms with Crippen molar-refractivity contribution in [2.75, 3.05) is 19.5 Å². The summed E-state index contributed by atoms with van der Waals surface area (Å²) in [6, 6.07) is 11.6. The third-order valence-electron chi connectivity index (χ3n) is 3.49. The van der Waals surface area contributed by atoms with Crippen molar-refractivity contribution in [2.24, 2.45) is 0 Å². The molecule has 0 spiro atoms. The van der Waals surface area contributed by atoms with Crippen molar-refractivity contribution in [3.05, 3.63) is 59.2 Å². The van der Waals surface area contributed by atoms with Gasteiger partial charge in [0.25, 0.3) is 0 Å². The summed E-state index contributed by atoms with van der Waals surface area (Å²) in [5, 5.41) is 2.86. The summed E-state index contributed by atoms with van der Waals surface area (Å²) in [5.41, 5.74) is 3.77. The van der Waals surface area contributed by atoms with Crippen LogP contribution in [0.5, 0.6) is 11.5 Å². The van der Waals surface area contributed by atoms with Gasteiger partial charge in [-0.25, -0.2) is 0 Å². The molecule has 0 saturated carbocycles. The SMILES string of the molecule is COc1cc(C)c(NC(=O)/C=C/c2ccc(C)cc2)cc1OC. The topological polar surface area (TPSA) is 47.6 Å². The minimum Gasteiger partial charge on any atom is -0.493 e. The lowest BCUT2D eigenvalue weighted by molar-refractivity contribution is -0.111. The van der Waals surface area contributed by atoms with Gasteiger partial charge in [0.2, 0.25) is 5.91 Å². The number of amides is 1. The Balaban J connectivity index is 2.12. The van der Waals surface area contributed by atoms with Crippen molar-refractivity contribution >= 4 is 17.7 Å². The molecule has 0 aliphatic rings. The molecular weight excluding hydrogens is 290 g/mol. The number of methoxy groups -OCH3 is 2. The predicted octanol–water partition coefficient (Wildman–Crippen LogP) is 3.97. The fourth-order valence-electron chi connectivity index (χ4n) is 2.14. The van der Waals surface area contributed by atoms with Crippen LogP contribution in [0.4, 0.5) is 5.69 Å². The smallest absolute Gasteiger partial charge is 0.248 e. The Bertz CT molecular complexity index is 718. The van der Waals surface area contributed by atoms with Gasteiger partial charge in [0.1, 0.15) is 0 Å². The number of benzene rings is 2. The summed E-state index contributed by atoms with van der Waals surface area (Å²) in [4.78, 5) is 12.1. The van der Waals surface area contributed by atoms with E-state index >= 15 is 0 Å². The van der Waals surface area contributed by atoms with Gasteiger partial charge in [-0.1, -0.05) is 29.8 Å². The number of ether oxygens (including phenoxy) is 2. The maximum atomic E-state index is 12.1. The van der Waals surface area contributed by atoms with Crippen molar-refractivity contribution in [3.63, 3.8) is 0 Å². The number of anilines is 1. The molecule has 2 aromatic rings. The fraction of sp³-hybridized carbons (Fsp3) is 0.211. The summed E-state index contributed by atoms with van der Waals surface area (Å²) in [6.45, 7) is 3.93. The zero-order valence-corrected chi connectivity index (χ0v) is 13.8. The van der Waals surface area contributed by atoms with Crippen LogP contribution in [-0.2, 0) is 4.79 Å². The Kier molecular flexibility index (Phi) is 5.41. The quantitative estimate of drug-likeness (QED) is 0.850. The highest BCUT2D eigenvalue weighted by molar-refractivity contribution is 6.02. The van der Waals surface area contributed by atoms with E-state index < -0.39 is 0 Å². The second-order valence-corrected chi connectivity index (χ2v) is 5.26. The monoisotopic (exact) mass is 311 g/mol. The molecule has 0 unspecified atom stereocenters. The summed E-state index contributed by atoms with van der Waals surface area (Å²) in [6.07, 6.45) is 3.30. The van der Waals surface area contributed by atoms with Crippen molar-refractivity contribution in [1.82, 2.24) is 0 Å². The van der Waals surface area contributed by atoms with Gasteiger partial charge >= 0.3 is 0 Å². The van der Waals surface area contributed by atoms with Crippen LogP contribution in [0.15, 0.2) is 42.5 Å². The van der Waals surface area contributed by atoms with Gasteiger partial charge in [-0.15, -0.1) is 0 Å². The summed E-state index contributed by atoms with van der Waals surface area (Å²) >= 11 is 0. The molecule has 0 saturated heterocycles. The molecule has 23 heavy (non-hydrogen) atoms. The number of carbonyl (C=O) groups excluding carboxylic acids is 1. The lowest BCUT2D eigenvalue weighted by Crippen LogP contribution is -2.09. The number of aryl methyl sites for hydroxylation is 2. The predicted molar refractivity (Wildman–Crippen MR) is 93.1 cm³/mol. The second kappa shape index (κ2) is 7.49. The molecule has 2 aromatic carbocycles. The van der Waals surface area contributed by atoms with Gasteiger partial charge in [0.15, 0.2) is 11.5 Å². The van der Waals surface area contributed by atoms with E-state index in [2.05, 4.69) is 5.32 Å². The molecule has 2 rings (SSSR count). The zero-order valence-electron chi connectivity index (χ0n) is 13.8. The molecular formula is C19H21NO3. The van der Waals surface area contributed by atoms with Crippen LogP contribution < -0.4 is 14.8 Å². The molecule has 0 aliphatic heterocycles. The largest absolute Gasteiger partial charge is 0.493 e. The first-order valence-electron chi connectivity index (χ1n) is 7.32. The number of nitrogens with one attached hydrogen (secondary N) is 1. The molecule has 4 heteroatoms. The Morgan fingerprint density at radius 3 is 2.22 bits per heavy atom. The number of rotatable bonds is 5. The molecule has 0 fully saturated rings. The van der Waals surface area contributed by atoms with Crippen LogP contribution in [0.3, 0.4) is 0 Å². The van der Waals surface area contributed by atoms with E-state index in [4.69, 9.17) is 9.47 Å². The molecule has 0 radical (unpaired) electrons. The van der Waals surface area contributed by atoms with E-state index in [-0.39, 0.29) is 5.91 Å². The van der Waals surface area contributed by atoms with Crippen LogP contribution in [0.2, 0.25) is 0 Å². The van der Waals surface area contributed by atoms with E-state index in [1.807, 2.05) is 44.2 Å². The van der Waals surface area contributed by atoms with Gasteiger partial charge in [-0.3, -0.25) is 4.79 Å². The van der Waals surface area contributed by atoms with Crippen LogP contribution in [0, 0.1) is 13.8 Å². The van der Waals surface area contributed by atoms with Gasteiger partial charge in [0, 0.05) is 17.8 Å². The lowest BCUT2D eigenvalue weighted by Gasteiger charge is -2.12. The van der Waals surface area contributed by atoms with Gasteiger partial charge < -0.3 is 14.8 Å². The van der Waals surface area contributed by atoms with Crippen LogP contribution in [0.1, 0.15) is 16.7 Å². The Morgan fingerprint density at radius 2 is 1.61 bits per heavy atom. The maximum absolute atomic E-state index is 12.1. The molecule has 0 heterocycles. The van der Waals surface area contributed by atoms with Gasteiger partial charge in [-0.05, 0) is 37.1 Å². The zero-order chi connectivity index (χ0) is 16.8. The second-order valence-electron chi connectivity index (χ2n) is 5.26. The van der Waals surface area contributed by atoms with E-state index in [0.29, 0.717) is 17.2 Å². The van der Waals surface area contributed by atoms with Crippen molar-refractivity contribution in [1.29, 1.82) is 0 Å². The third kappa shape index (κ3) is 4.36. The molecule has 1 amide bonds. The van der Waals surface area contributed by atoms with E-state index in [1.54, 1.807) is 26.4 Å². The van der Waals surface area contributed by atoms with Crippen molar-refractivity contribution in [2.45, 2.75) is 13.8 Å². The normalized spacial score (nSPS) is 10.6. The lowest BCUT2D eigenvalue weighted by atomic mass is 10.1. The fourth-order valence-corrected chi connectivity index (χ4v) is 2.14. The Labute approximate surface area is 136 Å². The first-order valence-corrected chi connectivity index (χ1v) is 7.32. The average Bonchev–Trinajstić information content (AvgIpc) is 2.55. The minimum absolute atomic E-state index is 0.194. The Morgan fingerprint density at radius 1 is 1.00 bits per heavy atom. The third-order valence-corrected chi connectivity index (χ3v) is 3.49. The molecule has 120 valence electrons. The molecule has 0 bridgehead atoms. The number of hydrogen-bond donors (Lipinski definition) is 1. The highest BCUT2D eigenvalue weighted by Gasteiger charge is 2.09. The Hall–Kier alpha value is -2.75. The van der Waals surface area contributed by atoms with Crippen LogP contribution >= 0.6 is 0 Å². The number of carbonyl (C=O) groups is 1. The van der Waals surface area contributed by atoms with Crippen molar-refractivity contribution in [3.8, 4) is 11.5 Å². The average molecular weight is 311 g/mol. The van der Waals surface area contributed by atoms with Gasteiger partial charge in [0.05, 0.1) is 14.2 Å². The van der Waals surface area contributed by atoms with E-state index in [0.717, 1.165) is 11.1 Å². The minimum atomic E-state index is -0.194. The summed E-state index contributed by atoms with van der Waals surface area (Å²) in [7, 11) is 3.15. The molecule has 1 N–H and O–H groups in total. The molecule has 0 aliphatic carbocycles. The first kappa shape index (κ1) is 16.6. The molecule has 0 atom stereocenters. The van der Waals surface area contributed by atoms with Crippen LogP contribution in [0.25, 0.3) is 6.08 Å². The highest BCUT2D eigenvalue weighted by Crippen LogP contribution is 2.32.